The Labute approximate surface area is 147 Å². The Morgan fingerprint density at radius 3 is 2.80 bits per heavy atom. The number of aromatic nitrogens is 3. The molecule has 1 saturated heterocycles. The number of hydrogen-bond acceptors (Lipinski definition) is 6. The summed E-state index contributed by atoms with van der Waals surface area (Å²) in [5, 5.41) is 4.09. The lowest BCUT2D eigenvalue weighted by Gasteiger charge is -2.33. The van der Waals surface area contributed by atoms with E-state index in [2.05, 4.69) is 29.0 Å². The van der Waals surface area contributed by atoms with E-state index < -0.39 is 0 Å². The van der Waals surface area contributed by atoms with Crippen molar-refractivity contribution < 1.29 is 14.1 Å². The van der Waals surface area contributed by atoms with E-state index >= 15 is 0 Å². The number of rotatable bonds is 6. The number of likely N-dealkylation sites (tertiary alicyclic amines) is 1. The van der Waals surface area contributed by atoms with E-state index in [1.807, 2.05) is 11.0 Å². The fourth-order valence-corrected chi connectivity index (χ4v) is 3.09. The third-order valence-electron chi connectivity index (χ3n) is 4.36. The molecular formula is C18H24N4O3. The molecule has 1 aliphatic rings. The van der Waals surface area contributed by atoms with E-state index in [4.69, 9.17) is 9.26 Å². The zero-order chi connectivity index (χ0) is 17.8. The summed E-state index contributed by atoms with van der Waals surface area (Å²) in [6.45, 7) is 5.01. The third-order valence-corrected chi connectivity index (χ3v) is 4.36. The highest BCUT2D eigenvalue weighted by molar-refractivity contribution is 5.77. The minimum Gasteiger partial charge on any atom is -0.481 e. The van der Waals surface area contributed by atoms with Crippen LogP contribution in [0.4, 0.5) is 0 Å². The van der Waals surface area contributed by atoms with Gasteiger partial charge >= 0.3 is 0 Å². The van der Waals surface area contributed by atoms with Gasteiger partial charge in [-0.05, 0) is 31.2 Å². The smallest absolute Gasteiger partial charge is 0.249 e. The van der Waals surface area contributed by atoms with Gasteiger partial charge in [-0.25, -0.2) is 4.98 Å². The lowest BCUT2D eigenvalue weighted by atomic mass is 9.99. The molecular weight excluding hydrogens is 320 g/mol. The first-order valence-corrected chi connectivity index (χ1v) is 8.72. The van der Waals surface area contributed by atoms with Gasteiger partial charge in [0.15, 0.2) is 0 Å². The van der Waals surface area contributed by atoms with Crippen LogP contribution in [-0.2, 0) is 4.79 Å². The number of methoxy groups -OCH3 is 1. The molecule has 0 radical (unpaired) electrons. The number of amides is 1. The fraction of sp³-hybridized carbons (Fsp3) is 0.556. The van der Waals surface area contributed by atoms with Gasteiger partial charge in [0, 0.05) is 30.8 Å². The van der Waals surface area contributed by atoms with Crippen molar-refractivity contribution in [2.24, 2.45) is 5.92 Å². The zero-order valence-electron chi connectivity index (χ0n) is 14.9. The van der Waals surface area contributed by atoms with Crippen LogP contribution >= 0.6 is 0 Å². The summed E-state index contributed by atoms with van der Waals surface area (Å²) in [5.41, 5.74) is 0.754. The molecule has 7 heteroatoms. The second-order valence-electron chi connectivity index (χ2n) is 6.74. The van der Waals surface area contributed by atoms with Gasteiger partial charge in [0.2, 0.25) is 23.5 Å². The van der Waals surface area contributed by atoms with Crippen molar-refractivity contribution in [3.8, 4) is 17.3 Å². The van der Waals surface area contributed by atoms with Gasteiger partial charge in [-0.1, -0.05) is 19.0 Å². The SMILES string of the molecule is COc1ccc(-c2noc(C(CC(C)C)N3CCCCC3=O)n2)cn1. The molecule has 1 aliphatic heterocycles. The Morgan fingerprint density at radius 1 is 1.32 bits per heavy atom. The van der Waals surface area contributed by atoms with E-state index in [-0.39, 0.29) is 11.9 Å². The van der Waals surface area contributed by atoms with E-state index in [1.54, 1.807) is 19.4 Å². The van der Waals surface area contributed by atoms with Crippen LogP contribution in [0, 0.1) is 5.92 Å². The normalized spacial score (nSPS) is 16.3. The zero-order valence-corrected chi connectivity index (χ0v) is 14.9. The highest BCUT2D eigenvalue weighted by atomic mass is 16.5. The van der Waals surface area contributed by atoms with E-state index in [9.17, 15) is 4.79 Å². The summed E-state index contributed by atoms with van der Waals surface area (Å²) in [7, 11) is 1.57. The first-order chi connectivity index (χ1) is 12.1. The van der Waals surface area contributed by atoms with Crippen LogP contribution in [0.25, 0.3) is 11.4 Å². The van der Waals surface area contributed by atoms with Crippen LogP contribution < -0.4 is 4.74 Å². The Kier molecular flexibility index (Phi) is 5.31. The van der Waals surface area contributed by atoms with Gasteiger partial charge in [-0.15, -0.1) is 0 Å². The minimum atomic E-state index is -0.166. The van der Waals surface area contributed by atoms with E-state index in [1.165, 1.54) is 0 Å². The van der Waals surface area contributed by atoms with Gasteiger partial charge in [0.05, 0.1) is 7.11 Å². The van der Waals surface area contributed by atoms with E-state index in [0.29, 0.717) is 29.9 Å². The molecule has 7 nitrogen and oxygen atoms in total. The lowest BCUT2D eigenvalue weighted by molar-refractivity contribution is -0.137. The summed E-state index contributed by atoms with van der Waals surface area (Å²) < 4.78 is 10.6. The maximum absolute atomic E-state index is 12.4. The van der Waals surface area contributed by atoms with Gasteiger partial charge in [-0.3, -0.25) is 4.79 Å². The van der Waals surface area contributed by atoms with Gasteiger partial charge in [-0.2, -0.15) is 4.98 Å². The number of hydrogen-bond donors (Lipinski definition) is 0. The third kappa shape index (κ3) is 3.97. The van der Waals surface area contributed by atoms with Crippen LogP contribution in [0.2, 0.25) is 0 Å². The number of nitrogens with zero attached hydrogens (tertiary/aromatic N) is 4. The molecule has 2 aromatic rings. The van der Waals surface area contributed by atoms with Gasteiger partial charge < -0.3 is 14.2 Å². The number of ether oxygens (including phenoxy) is 1. The van der Waals surface area contributed by atoms with Crippen molar-refractivity contribution in [3.05, 3.63) is 24.2 Å². The van der Waals surface area contributed by atoms with Crippen molar-refractivity contribution >= 4 is 5.91 Å². The first-order valence-electron chi connectivity index (χ1n) is 8.72. The summed E-state index contributed by atoms with van der Waals surface area (Å²) >= 11 is 0. The van der Waals surface area contributed by atoms with Crippen LogP contribution in [0.3, 0.4) is 0 Å². The summed E-state index contributed by atoms with van der Waals surface area (Å²) in [6, 6.07) is 3.43. The monoisotopic (exact) mass is 344 g/mol. The molecule has 134 valence electrons. The quantitative estimate of drug-likeness (QED) is 0.800. The van der Waals surface area contributed by atoms with Crippen molar-refractivity contribution in [3.63, 3.8) is 0 Å². The molecule has 0 aromatic carbocycles. The molecule has 25 heavy (non-hydrogen) atoms. The maximum Gasteiger partial charge on any atom is 0.249 e. The Morgan fingerprint density at radius 2 is 2.16 bits per heavy atom. The molecule has 2 aromatic heterocycles. The predicted molar refractivity (Wildman–Crippen MR) is 91.8 cm³/mol. The molecule has 0 bridgehead atoms. The molecule has 3 rings (SSSR count). The van der Waals surface area contributed by atoms with Crippen molar-refractivity contribution in [1.29, 1.82) is 0 Å². The standard InChI is InChI=1S/C18H24N4O3/c1-12(2)10-14(22-9-5-4-6-16(22)23)18-20-17(21-25-18)13-7-8-15(24-3)19-11-13/h7-8,11-12,14H,4-6,9-10H2,1-3H3. The predicted octanol–water partition coefficient (Wildman–Crippen LogP) is 3.24. The number of carbonyl (C=O) groups excluding carboxylic acids is 1. The summed E-state index contributed by atoms with van der Waals surface area (Å²) in [4.78, 5) is 23.0. The topological polar surface area (TPSA) is 81.4 Å². The largest absolute Gasteiger partial charge is 0.481 e. The molecule has 3 heterocycles. The highest BCUT2D eigenvalue weighted by Gasteiger charge is 2.32. The Hall–Kier alpha value is -2.44. The summed E-state index contributed by atoms with van der Waals surface area (Å²) in [5.74, 6) is 2.09. The number of carbonyl (C=O) groups is 1. The van der Waals surface area contributed by atoms with Crippen molar-refractivity contribution in [1.82, 2.24) is 20.0 Å². The number of piperidine rings is 1. The average molecular weight is 344 g/mol. The lowest BCUT2D eigenvalue weighted by Crippen LogP contribution is -2.39. The van der Waals surface area contributed by atoms with Crippen LogP contribution in [0.1, 0.15) is 51.5 Å². The molecule has 1 atom stereocenters. The minimum absolute atomic E-state index is 0.166. The van der Waals surface area contributed by atoms with Crippen molar-refractivity contribution in [2.45, 2.75) is 45.6 Å². The average Bonchev–Trinajstić information content (AvgIpc) is 3.10. The molecule has 1 unspecified atom stereocenters. The second-order valence-corrected chi connectivity index (χ2v) is 6.74. The maximum atomic E-state index is 12.4. The van der Waals surface area contributed by atoms with Crippen LogP contribution in [-0.4, -0.2) is 39.6 Å². The molecule has 0 spiro atoms. The van der Waals surface area contributed by atoms with Gasteiger partial charge in [0.25, 0.3) is 0 Å². The van der Waals surface area contributed by atoms with Crippen molar-refractivity contribution in [2.75, 3.05) is 13.7 Å². The molecule has 1 amide bonds. The molecule has 0 saturated carbocycles. The van der Waals surface area contributed by atoms with Crippen LogP contribution in [0.15, 0.2) is 22.9 Å². The van der Waals surface area contributed by atoms with E-state index in [0.717, 1.165) is 31.4 Å². The molecule has 0 N–H and O–H groups in total. The van der Waals surface area contributed by atoms with Gasteiger partial charge in [0.1, 0.15) is 6.04 Å². The number of pyridine rings is 1. The Balaban J connectivity index is 1.86. The fourth-order valence-electron chi connectivity index (χ4n) is 3.09. The highest BCUT2D eigenvalue weighted by Crippen LogP contribution is 2.31. The molecule has 1 fully saturated rings. The second kappa shape index (κ2) is 7.63. The first kappa shape index (κ1) is 17.4. The van der Waals surface area contributed by atoms with Crippen LogP contribution in [0.5, 0.6) is 5.88 Å². The molecule has 0 aliphatic carbocycles. The summed E-state index contributed by atoms with van der Waals surface area (Å²) in [6.07, 6.45) is 5.02. The Bertz CT molecular complexity index is 711.